The predicted octanol–water partition coefficient (Wildman–Crippen LogP) is 8.51. The number of hydrogen-bond acceptors (Lipinski definition) is 6. The van der Waals surface area contributed by atoms with Crippen molar-refractivity contribution in [3.8, 4) is 11.1 Å². The van der Waals surface area contributed by atoms with E-state index >= 15 is 0 Å². The summed E-state index contributed by atoms with van der Waals surface area (Å²) in [6.07, 6.45) is 0.860. The lowest BCUT2D eigenvalue weighted by Crippen LogP contribution is -2.39. The first-order chi connectivity index (χ1) is 24.6. The highest BCUT2D eigenvalue weighted by Gasteiger charge is 2.33. The molecule has 1 heterocycles. The molecule has 1 aliphatic heterocycles. The number of alkyl carbamates (subject to hydrolysis) is 1. The summed E-state index contributed by atoms with van der Waals surface area (Å²) < 4.78 is 18.6. The molecule has 0 saturated carbocycles. The minimum absolute atomic E-state index is 0.00243. The summed E-state index contributed by atoms with van der Waals surface area (Å²) in [5.74, 6) is 0. The summed E-state index contributed by atoms with van der Waals surface area (Å²) in [6.45, 7) is 6.40. The molecule has 1 aliphatic rings. The van der Waals surface area contributed by atoms with Crippen molar-refractivity contribution in [2.45, 2.75) is 51.2 Å². The molecule has 5 aromatic rings. The van der Waals surface area contributed by atoms with Crippen LogP contribution in [0.3, 0.4) is 0 Å². The van der Waals surface area contributed by atoms with Crippen LogP contribution >= 0.6 is 0 Å². The van der Waals surface area contributed by atoms with E-state index in [-0.39, 0.29) is 25.4 Å². The SMILES string of the molecule is C=CCOC(=O)NCc1cccc(-c2cccc(C3OC(CN(Cc4ccccc4)Cc4ccccc4)CC(c4ccc(CO)cc4)O3)c2)c1. The van der Waals surface area contributed by atoms with Crippen LogP contribution in [0.1, 0.15) is 52.2 Å². The summed E-state index contributed by atoms with van der Waals surface area (Å²) in [4.78, 5) is 14.4. The van der Waals surface area contributed by atoms with Crippen molar-refractivity contribution in [2.24, 2.45) is 0 Å². The van der Waals surface area contributed by atoms with Gasteiger partial charge >= 0.3 is 6.09 Å². The van der Waals surface area contributed by atoms with E-state index in [2.05, 4.69) is 95.7 Å². The number of carbonyl (C=O) groups excluding carboxylic acids is 1. The van der Waals surface area contributed by atoms with E-state index in [0.717, 1.165) is 53.0 Å². The highest BCUT2D eigenvalue weighted by atomic mass is 16.7. The van der Waals surface area contributed by atoms with Gasteiger partial charge in [-0.3, -0.25) is 4.90 Å². The monoisotopic (exact) mass is 668 g/mol. The largest absolute Gasteiger partial charge is 0.445 e. The van der Waals surface area contributed by atoms with Crippen molar-refractivity contribution >= 4 is 6.09 Å². The summed E-state index contributed by atoms with van der Waals surface area (Å²) >= 11 is 0. The summed E-state index contributed by atoms with van der Waals surface area (Å²) in [6, 6.07) is 45.5. The molecule has 1 saturated heterocycles. The van der Waals surface area contributed by atoms with E-state index in [1.54, 1.807) is 0 Å². The number of aliphatic hydroxyl groups excluding tert-OH is 1. The van der Waals surface area contributed by atoms with Gasteiger partial charge in [-0.05, 0) is 51.1 Å². The molecule has 0 bridgehead atoms. The molecule has 7 heteroatoms. The molecular formula is C43H44N2O5. The van der Waals surface area contributed by atoms with Gasteiger partial charge < -0.3 is 24.6 Å². The lowest BCUT2D eigenvalue weighted by Gasteiger charge is -2.38. The molecule has 6 rings (SSSR count). The van der Waals surface area contributed by atoms with Crippen LogP contribution in [0, 0.1) is 0 Å². The molecule has 1 fully saturated rings. The van der Waals surface area contributed by atoms with Gasteiger partial charge in [-0.2, -0.15) is 0 Å². The van der Waals surface area contributed by atoms with Crippen LogP contribution < -0.4 is 5.32 Å². The number of benzene rings is 5. The Kier molecular flexibility index (Phi) is 12.2. The van der Waals surface area contributed by atoms with Gasteiger partial charge in [0.05, 0.1) is 18.8 Å². The third-order valence-electron chi connectivity index (χ3n) is 8.76. The maximum atomic E-state index is 12.0. The Morgan fingerprint density at radius 1 is 0.760 bits per heavy atom. The molecule has 50 heavy (non-hydrogen) atoms. The van der Waals surface area contributed by atoms with E-state index in [0.29, 0.717) is 13.0 Å². The fraction of sp³-hybridized carbons (Fsp3) is 0.233. The van der Waals surface area contributed by atoms with Crippen molar-refractivity contribution in [1.29, 1.82) is 0 Å². The maximum absolute atomic E-state index is 12.0. The molecular weight excluding hydrogens is 624 g/mol. The van der Waals surface area contributed by atoms with Gasteiger partial charge in [0, 0.05) is 38.2 Å². The number of nitrogens with one attached hydrogen (secondary N) is 1. The van der Waals surface area contributed by atoms with Crippen molar-refractivity contribution in [1.82, 2.24) is 10.2 Å². The van der Waals surface area contributed by atoms with Gasteiger partial charge in [-0.25, -0.2) is 4.79 Å². The normalized spacial score (nSPS) is 17.3. The van der Waals surface area contributed by atoms with Gasteiger partial charge in [0.1, 0.15) is 6.61 Å². The number of aliphatic hydroxyl groups is 1. The number of rotatable bonds is 14. The van der Waals surface area contributed by atoms with E-state index in [1.807, 2.05) is 54.6 Å². The van der Waals surface area contributed by atoms with E-state index in [9.17, 15) is 9.90 Å². The number of hydrogen-bond donors (Lipinski definition) is 2. The second-order valence-electron chi connectivity index (χ2n) is 12.6. The highest BCUT2D eigenvalue weighted by molar-refractivity contribution is 5.68. The second kappa shape index (κ2) is 17.6. The van der Waals surface area contributed by atoms with Crippen molar-refractivity contribution in [3.63, 3.8) is 0 Å². The van der Waals surface area contributed by atoms with Crippen LogP contribution in [0.5, 0.6) is 0 Å². The zero-order valence-electron chi connectivity index (χ0n) is 28.2. The summed E-state index contributed by atoms with van der Waals surface area (Å²) in [7, 11) is 0. The Morgan fingerprint density at radius 3 is 2.06 bits per heavy atom. The lowest BCUT2D eigenvalue weighted by atomic mass is 9.98. The number of amides is 1. The molecule has 0 aromatic heterocycles. The average molecular weight is 669 g/mol. The minimum atomic E-state index is -0.587. The highest BCUT2D eigenvalue weighted by Crippen LogP contribution is 2.39. The molecule has 3 unspecified atom stereocenters. The Bertz CT molecular complexity index is 1770. The quantitative estimate of drug-likeness (QED) is 0.116. The first kappa shape index (κ1) is 34.8. The van der Waals surface area contributed by atoms with Gasteiger partial charge in [0.25, 0.3) is 0 Å². The van der Waals surface area contributed by atoms with Crippen LogP contribution in [-0.2, 0) is 40.5 Å². The maximum Gasteiger partial charge on any atom is 0.407 e. The van der Waals surface area contributed by atoms with E-state index < -0.39 is 12.4 Å². The number of carbonyl (C=O) groups is 1. The molecule has 0 spiro atoms. The fourth-order valence-electron chi connectivity index (χ4n) is 6.27. The first-order valence-electron chi connectivity index (χ1n) is 17.1. The van der Waals surface area contributed by atoms with Gasteiger partial charge in [0.15, 0.2) is 6.29 Å². The fourth-order valence-corrected chi connectivity index (χ4v) is 6.27. The van der Waals surface area contributed by atoms with Crippen LogP contribution in [0.15, 0.2) is 146 Å². The zero-order chi connectivity index (χ0) is 34.5. The predicted molar refractivity (Wildman–Crippen MR) is 196 cm³/mol. The second-order valence-corrected chi connectivity index (χ2v) is 12.6. The van der Waals surface area contributed by atoms with Crippen molar-refractivity contribution < 1.29 is 24.1 Å². The molecule has 7 nitrogen and oxygen atoms in total. The number of ether oxygens (including phenoxy) is 3. The minimum Gasteiger partial charge on any atom is -0.445 e. The Labute approximate surface area is 294 Å². The zero-order valence-corrected chi connectivity index (χ0v) is 28.2. The summed E-state index contributed by atoms with van der Waals surface area (Å²) in [5, 5.41) is 12.4. The van der Waals surface area contributed by atoms with Crippen LogP contribution in [0.25, 0.3) is 11.1 Å². The molecule has 0 aliphatic carbocycles. The molecule has 5 aromatic carbocycles. The molecule has 2 N–H and O–H groups in total. The van der Waals surface area contributed by atoms with Crippen LogP contribution in [0.2, 0.25) is 0 Å². The van der Waals surface area contributed by atoms with Gasteiger partial charge in [-0.15, -0.1) is 0 Å². The Balaban J connectivity index is 1.24. The first-order valence-corrected chi connectivity index (χ1v) is 17.1. The van der Waals surface area contributed by atoms with Crippen LogP contribution in [-0.4, -0.2) is 35.4 Å². The third-order valence-corrected chi connectivity index (χ3v) is 8.76. The number of nitrogens with zero attached hydrogens (tertiary/aromatic N) is 1. The molecule has 3 atom stereocenters. The van der Waals surface area contributed by atoms with E-state index in [1.165, 1.54) is 17.2 Å². The third kappa shape index (κ3) is 9.77. The topological polar surface area (TPSA) is 80.3 Å². The van der Waals surface area contributed by atoms with Gasteiger partial charge in [0.2, 0.25) is 0 Å². The smallest absolute Gasteiger partial charge is 0.407 e. The molecule has 256 valence electrons. The average Bonchev–Trinajstić information content (AvgIpc) is 3.17. The molecule has 1 amide bonds. The standard InChI is InChI=1S/C43H44N2O5/c1-2-23-48-43(47)44-27-35-15-9-16-37(24-35)38-17-10-18-39(25-38)42-49-40(26-41(50-42)36-21-19-34(31-46)20-22-36)30-45(28-32-11-5-3-6-12-32)29-33-13-7-4-8-14-33/h2-22,24-25,40-42,46H,1,23,26-31H2,(H,44,47). The van der Waals surface area contributed by atoms with Crippen molar-refractivity contribution in [3.05, 3.63) is 179 Å². The van der Waals surface area contributed by atoms with Crippen molar-refractivity contribution in [2.75, 3.05) is 13.2 Å². The lowest BCUT2D eigenvalue weighted by molar-refractivity contribution is -0.253. The van der Waals surface area contributed by atoms with Crippen LogP contribution in [0.4, 0.5) is 4.79 Å². The van der Waals surface area contributed by atoms with E-state index in [4.69, 9.17) is 14.2 Å². The Morgan fingerprint density at radius 2 is 1.40 bits per heavy atom. The summed E-state index contributed by atoms with van der Waals surface area (Å²) in [5.41, 5.74) is 8.35. The van der Waals surface area contributed by atoms with Gasteiger partial charge in [-0.1, -0.05) is 134 Å². The molecule has 0 radical (unpaired) electrons. The Hall–Kier alpha value is -5.05.